The van der Waals surface area contributed by atoms with Crippen LogP contribution in [-0.4, -0.2) is 92.8 Å². The summed E-state index contributed by atoms with van der Waals surface area (Å²) >= 11 is 1.40. The summed E-state index contributed by atoms with van der Waals surface area (Å²) in [6.45, 7) is 11.1. The lowest BCUT2D eigenvalue weighted by Gasteiger charge is -2.36. The van der Waals surface area contributed by atoms with Gasteiger partial charge in [-0.1, -0.05) is 18.7 Å². The van der Waals surface area contributed by atoms with Gasteiger partial charge in [-0.15, -0.1) is 11.3 Å². The van der Waals surface area contributed by atoms with Gasteiger partial charge in [-0.3, -0.25) is 19.2 Å². The van der Waals surface area contributed by atoms with Crippen LogP contribution in [0.2, 0.25) is 0 Å². The summed E-state index contributed by atoms with van der Waals surface area (Å²) in [6.07, 6.45) is 1.22. The van der Waals surface area contributed by atoms with E-state index in [1.807, 2.05) is 42.1 Å². The molecule has 0 fully saturated rings. The van der Waals surface area contributed by atoms with Crippen molar-refractivity contribution in [2.24, 2.45) is 0 Å². The topological polar surface area (TPSA) is 104 Å². The van der Waals surface area contributed by atoms with Gasteiger partial charge in [0.2, 0.25) is 11.8 Å². The molecule has 0 radical (unpaired) electrons. The summed E-state index contributed by atoms with van der Waals surface area (Å²) in [4.78, 5) is 36.1. The van der Waals surface area contributed by atoms with E-state index in [0.29, 0.717) is 47.0 Å². The molecule has 0 unspecified atom stereocenters. The smallest absolute Gasteiger partial charge is 0.246 e. The van der Waals surface area contributed by atoms with E-state index >= 15 is 4.39 Å². The van der Waals surface area contributed by atoms with Gasteiger partial charge in [0.15, 0.2) is 0 Å². The number of benzene rings is 2. The zero-order valence-electron chi connectivity index (χ0n) is 30.4. The van der Waals surface area contributed by atoms with E-state index in [4.69, 9.17) is 14.8 Å². The molecule has 53 heavy (non-hydrogen) atoms. The highest BCUT2D eigenvalue weighted by atomic mass is 32.1. The third kappa shape index (κ3) is 6.84. The van der Waals surface area contributed by atoms with E-state index in [1.165, 1.54) is 29.9 Å². The fourth-order valence-corrected chi connectivity index (χ4v) is 8.23. The minimum Gasteiger partial charge on any atom is -0.490 e. The molecule has 2 aliphatic rings. The molecule has 13 heteroatoms. The zero-order valence-corrected chi connectivity index (χ0v) is 31.2. The fourth-order valence-electron chi connectivity index (χ4n) is 7.28. The Hall–Kier alpha value is -4.98. The van der Waals surface area contributed by atoms with Gasteiger partial charge in [0, 0.05) is 67.1 Å². The Morgan fingerprint density at radius 3 is 2.64 bits per heavy atom. The van der Waals surface area contributed by atoms with Gasteiger partial charge in [0.25, 0.3) is 0 Å². The molecule has 2 aliphatic heterocycles. The summed E-state index contributed by atoms with van der Waals surface area (Å²) in [5.74, 6) is -1.87. The first-order chi connectivity index (χ1) is 25.3. The first-order valence-corrected chi connectivity index (χ1v) is 18.5. The maximum Gasteiger partial charge on any atom is 0.246 e. The largest absolute Gasteiger partial charge is 0.490 e. The van der Waals surface area contributed by atoms with Crippen LogP contribution in [0.4, 0.5) is 8.78 Å². The molecule has 2 amide bonds. The second-order valence-corrected chi connectivity index (χ2v) is 15.0. The van der Waals surface area contributed by atoms with Crippen LogP contribution in [0.25, 0.3) is 43.9 Å². The van der Waals surface area contributed by atoms with Crippen molar-refractivity contribution >= 4 is 33.2 Å². The number of fused-ring (bicyclic) bond motifs is 3. The second-order valence-electron chi connectivity index (χ2n) is 14.1. The van der Waals surface area contributed by atoms with Crippen molar-refractivity contribution in [2.75, 3.05) is 40.3 Å². The molecule has 0 saturated heterocycles. The number of pyridine rings is 1. The number of carbonyl (C=O) groups is 2. The molecule has 276 valence electrons. The molecule has 5 heterocycles. The molecule has 3 atom stereocenters. The van der Waals surface area contributed by atoms with Crippen molar-refractivity contribution < 1.29 is 28.2 Å². The minimum absolute atomic E-state index is 0.00993. The molecule has 7 rings (SSSR count). The highest BCUT2D eigenvalue weighted by molar-refractivity contribution is 7.18. The first kappa shape index (κ1) is 36.4. The van der Waals surface area contributed by atoms with Crippen molar-refractivity contribution in [3.05, 3.63) is 89.0 Å². The maximum absolute atomic E-state index is 16.3. The van der Waals surface area contributed by atoms with Crippen LogP contribution in [0.5, 0.6) is 5.75 Å². The highest BCUT2D eigenvalue weighted by Gasteiger charge is 2.34. The van der Waals surface area contributed by atoms with Gasteiger partial charge in [0.05, 0.1) is 41.7 Å². The Kier molecular flexibility index (Phi) is 9.92. The Balaban J connectivity index is 1.44. The monoisotopic (exact) mass is 740 g/mol. The molecular weight excluding hydrogens is 699 g/mol. The number of aromatic nitrogens is 3. The number of carbonyl (C=O) groups excluding carboxylic acids is 2. The summed E-state index contributed by atoms with van der Waals surface area (Å²) < 4.78 is 39.5. The number of aliphatic hydroxyl groups is 1. The van der Waals surface area contributed by atoms with Crippen LogP contribution in [0.1, 0.15) is 49.7 Å². The van der Waals surface area contributed by atoms with E-state index in [0.717, 1.165) is 47.3 Å². The van der Waals surface area contributed by atoms with Crippen molar-refractivity contribution in [2.45, 2.75) is 51.9 Å². The average Bonchev–Trinajstić information content (AvgIpc) is 3.80. The molecular formula is C40H42F2N6O4S. The van der Waals surface area contributed by atoms with Crippen molar-refractivity contribution in [3.8, 4) is 39.5 Å². The quantitative estimate of drug-likeness (QED) is 0.169. The van der Waals surface area contributed by atoms with Gasteiger partial charge in [-0.2, -0.15) is 5.10 Å². The van der Waals surface area contributed by atoms with Gasteiger partial charge in [0.1, 0.15) is 35.4 Å². The molecule has 2 aromatic carbocycles. The molecule has 3 aromatic heterocycles. The standard InChI is InChI=1S/C40H42F2N6O4S/c1-7-34(50)47-18-22(2)48-32(24(47)4)17-31(44-48)39-37(36-30(42)15-28(41)16-33(36)52-21-23(3)49)40-29(11-13-53-40)38(43-39)26-9-8-25-10-12-46(19-27(25)14-26)20-35(51)45(5)6/h7-9,11,13-17,22-24,49H,1,10,12,18-21H2,2-6H3/t22-,23+,24+/m0/s1. The molecule has 0 aliphatic carbocycles. The minimum atomic E-state index is -0.888. The van der Waals surface area contributed by atoms with Crippen LogP contribution < -0.4 is 4.74 Å². The van der Waals surface area contributed by atoms with Gasteiger partial charge in [-0.25, -0.2) is 13.8 Å². The van der Waals surface area contributed by atoms with Gasteiger partial charge >= 0.3 is 0 Å². The number of nitrogens with zero attached hydrogens (tertiary/aromatic N) is 6. The van der Waals surface area contributed by atoms with Crippen LogP contribution in [0, 0.1) is 11.6 Å². The molecule has 0 spiro atoms. The number of halogens is 2. The van der Waals surface area contributed by atoms with Crippen LogP contribution in [0.15, 0.2) is 60.5 Å². The first-order valence-electron chi connectivity index (χ1n) is 17.6. The predicted molar refractivity (Wildman–Crippen MR) is 202 cm³/mol. The maximum atomic E-state index is 16.3. The van der Waals surface area contributed by atoms with Crippen molar-refractivity contribution in [1.29, 1.82) is 0 Å². The van der Waals surface area contributed by atoms with Crippen LogP contribution in [-0.2, 0) is 22.6 Å². The Labute approximate surface area is 310 Å². The number of hydrogen-bond acceptors (Lipinski definition) is 8. The number of ether oxygens (including phenoxy) is 1. The van der Waals surface area contributed by atoms with E-state index in [9.17, 15) is 19.1 Å². The molecule has 1 N–H and O–H groups in total. The Morgan fingerprint density at radius 2 is 1.91 bits per heavy atom. The van der Waals surface area contributed by atoms with E-state index in [1.54, 1.807) is 23.9 Å². The summed E-state index contributed by atoms with van der Waals surface area (Å²) in [5.41, 5.74) is 5.80. The zero-order chi connectivity index (χ0) is 37.7. The van der Waals surface area contributed by atoms with Crippen molar-refractivity contribution in [3.63, 3.8) is 0 Å². The van der Waals surface area contributed by atoms with E-state index in [2.05, 4.69) is 23.6 Å². The van der Waals surface area contributed by atoms with Crippen molar-refractivity contribution in [1.82, 2.24) is 29.5 Å². The second kappa shape index (κ2) is 14.4. The lowest BCUT2D eigenvalue weighted by atomic mass is 9.93. The Morgan fingerprint density at radius 1 is 1.11 bits per heavy atom. The fraction of sp³-hybridized carbons (Fsp3) is 0.350. The molecule has 0 bridgehead atoms. The molecule has 5 aromatic rings. The number of aliphatic hydroxyl groups excluding tert-OH is 1. The lowest BCUT2D eigenvalue weighted by molar-refractivity contribution is -0.130. The number of hydrogen-bond donors (Lipinski definition) is 1. The molecule has 0 saturated carbocycles. The van der Waals surface area contributed by atoms with E-state index in [-0.39, 0.29) is 41.8 Å². The summed E-state index contributed by atoms with van der Waals surface area (Å²) in [6, 6.07) is 11.5. The Bertz CT molecular complexity index is 2250. The SMILES string of the molecule is C=CC(=O)N1C[C@H](C)n2nc(-c3nc(-c4ccc5c(c4)CN(CC(=O)N(C)C)CC5)c4ccsc4c3-c3c(F)cc(F)cc3OC[C@@H](C)O)cc2[C@H]1C. The van der Waals surface area contributed by atoms with Gasteiger partial charge in [-0.05, 0) is 68.0 Å². The summed E-state index contributed by atoms with van der Waals surface area (Å²) in [5, 5.41) is 17.8. The normalized spacial score (nSPS) is 17.7. The van der Waals surface area contributed by atoms with Crippen LogP contribution >= 0.6 is 11.3 Å². The van der Waals surface area contributed by atoms with Crippen LogP contribution in [0.3, 0.4) is 0 Å². The predicted octanol–water partition coefficient (Wildman–Crippen LogP) is 6.63. The van der Waals surface area contributed by atoms with Gasteiger partial charge < -0.3 is 19.6 Å². The summed E-state index contributed by atoms with van der Waals surface area (Å²) in [7, 11) is 3.51. The third-order valence-corrected chi connectivity index (χ3v) is 11.0. The highest BCUT2D eigenvalue weighted by Crippen LogP contribution is 2.48. The number of amides is 2. The average molecular weight is 741 g/mol. The molecule has 10 nitrogen and oxygen atoms in total. The number of thiophene rings is 1. The number of rotatable bonds is 9. The lowest BCUT2D eigenvalue weighted by Crippen LogP contribution is -2.42. The third-order valence-electron chi connectivity index (χ3n) is 10.0. The van der Waals surface area contributed by atoms with E-state index < -0.39 is 17.7 Å². The number of likely N-dealkylation sites (N-methyl/N-ethyl adjacent to an activating group) is 1.